The topological polar surface area (TPSA) is 62.4 Å². The van der Waals surface area contributed by atoms with Crippen molar-refractivity contribution in [3.05, 3.63) is 11.7 Å². The Kier molecular flexibility index (Phi) is 3.02. The third-order valence-electron chi connectivity index (χ3n) is 2.93. The fourth-order valence-electron chi connectivity index (χ4n) is 2.01. The first-order valence-electron chi connectivity index (χ1n) is 5.35. The standard InChI is InChI=1S/C10H17N3O2/c1-7(14)9-3-4-13(5-9)6-10-11-8(2)15-12-10/h7,9,14H,3-6H2,1-2H3. The van der Waals surface area contributed by atoms with Crippen molar-refractivity contribution in [3.8, 4) is 0 Å². The Morgan fingerprint density at radius 2 is 2.47 bits per heavy atom. The first-order valence-corrected chi connectivity index (χ1v) is 5.35. The number of rotatable bonds is 3. The molecule has 2 unspecified atom stereocenters. The van der Waals surface area contributed by atoms with Crippen LogP contribution in [0.15, 0.2) is 4.52 Å². The molecule has 0 spiro atoms. The van der Waals surface area contributed by atoms with Crippen molar-refractivity contribution in [1.29, 1.82) is 0 Å². The van der Waals surface area contributed by atoms with Gasteiger partial charge >= 0.3 is 0 Å². The van der Waals surface area contributed by atoms with Crippen LogP contribution in [0.1, 0.15) is 25.1 Å². The second-order valence-electron chi connectivity index (χ2n) is 4.25. The first kappa shape index (κ1) is 10.6. The van der Waals surface area contributed by atoms with Gasteiger partial charge in [-0.25, -0.2) is 0 Å². The van der Waals surface area contributed by atoms with Crippen molar-refractivity contribution < 1.29 is 9.63 Å². The minimum Gasteiger partial charge on any atom is -0.393 e. The van der Waals surface area contributed by atoms with Crippen molar-refractivity contribution in [2.45, 2.75) is 32.9 Å². The van der Waals surface area contributed by atoms with E-state index >= 15 is 0 Å². The molecular weight excluding hydrogens is 194 g/mol. The maximum atomic E-state index is 9.46. The first-order chi connectivity index (χ1) is 7.15. The largest absolute Gasteiger partial charge is 0.393 e. The van der Waals surface area contributed by atoms with E-state index in [9.17, 15) is 5.11 Å². The van der Waals surface area contributed by atoms with Crippen LogP contribution in [0.3, 0.4) is 0 Å². The molecule has 1 saturated heterocycles. The average Bonchev–Trinajstić information content (AvgIpc) is 2.76. The van der Waals surface area contributed by atoms with Gasteiger partial charge in [-0.3, -0.25) is 4.90 Å². The molecule has 0 aliphatic carbocycles. The predicted octanol–water partition coefficient (Wildman–Crippen LogP) is 0.581. The summed E-state index contributed by atoms with van der Waals surface area (Å²) in [7, 11) is 0. The minimum atomic E-state index is -0.220. The quantitative estimate of drug-likeness (QED) is 0.792. The SMILES string of the molecule is Cc1nc(CN2CCC(C(C)O)C2)no1. The molecule has 1 fully saturated rings. The van der Waals surface area contributed by atoms with E-state index in [2.05, 4.69) is 15.0 Å². The summed E-state index contributed by atoms with van der Waals surface area (Å²) >= 11 is 0. The number of aliphatic hydroxyl groups is 1. The van der Waals surface area contributed by atoms with E-state index in [4.69, 9.17) is 4.52 Å². The third kappa shape index (κ3) is 2.54. The third-order valence-corrected chi connectivity index (χ3v) is 2.93. The molecule has 2 heterocycles. The van der Waals surface area contributed by atoms with Crippen LogP contribution in [0.4, 0.5) is 0 Å². The molecule has 84 valence electrons. The zero-order chi connectivity index (χ0) is 10.8. The molecule has 1 aromatic rings. The molecule has 1 aliphatic heterocycles. The Morgan fingerprint density at radius 1 is 1.67 bits per heavy atom. The van der Waals surface area contributed by atoms with Gasteiger partial charge < -0.3 is 9.63 Å². The van der Waals surface area contributed by atoms with Crippen molar-refractivity contribution in [3.63, 3.8) is 0 Å². The van der Waals surface area contributed by atoms with Gasteiger partial charge in [0.2, 0.25) is 5.89 Å². The average molecular weight is 211 g/mol. The Balaban J connectivity index is 1.87. The fraction of sp³-hybridized carbons (Fsp3) is 0.800. The van der Waals surface area contributed by atoms with Crippen LogP contribution in [0.25, 0.3) is 0 Å². The maximum Gasteiger partial charge on any atom is 0.223 e. The number of aromatic nitrogens is 2. The van der Waals surface area contributed by atoms with Crippen molar-refractivity contribution in [2.24, 2.45) is 5.92 Å². The Hall–Kier alpha value is -0.940. The number of likely N-dealkylation sites (tertiary alicyclic amines) is 1. The highest BCUT2D eigenvalue weighted by molar-refractivity contribution is 4.87. The van der Waals surface area contributed by atoms with Crippen LogP contribution in [0.5, 0.6) is 0 Å². The number of aliphatic hydroxyl groups excluding tert-OH is 1. The Morgan fingerprint density at radius 3 is 3.00 bits per heavy atom. The summed E-state index contributed by atoms with van der Waals surface area (Å²) in [6.07, 6.45) is 0.830. The lowest BCUT2D eigenvalue weighted by atomic mass is 10.0. The summed E-state index contributed by atoms with van der Waals surface area (Å²) in [5, 5.41) is 13.3. The lowest BCUT2D eigenvalue weighted by Gasteiger charge is -2.15. The molecule has 2 atom stereocenters. The molecule has 0 aromatic carbocycles. The van der Waals surface area contributed by atoms with Crippen LogP contribution < -0.4 is 0 Å². The highest BCUT2D eigenvalue weighted by atomic mass is 16.5. The molecular formula is C10H17N3O2. The normalized spacial score (nSPS) is 24.6. The van der Waals surface area contributed by atoms with Gasteiger partial charge in [-0.1, -0.05) is 5.16 Å². The molecule has 1 aromatic heterocycles. The predicted molar refractivity (Wildman–Crippen MR) is 54.1 cm³/mol. The van der Waals surface area contributed by atoms with Crippen LogP contribution in [0.2, 0.25) is 0 Å². The van der Waals surface area contributed by atoms with Gasteiger partial charge in [0.05, 0.1) is 12.6 Å². The summed E-state index contributed by atoms with van der Waals surface area (Å²) in [6, 6.07) is 0. The van der Waals surface area contributed by atoms with Crippen LogP contribution in [-0.2, 0) is 6.54 Å². The van der Waals surface area contributed by atoms with E-state index in [-0.39, 0.29) is 6.10 Å². The van der Waals surface area contributed by atoms with Crippen molar-refractivity contribution in [1.82, 2.24) is 15.0 Å². The highest BCUT2D eigenvalue weighted by Crippen LogP contribution is 2.20. The molecule has 0 amide bonds. The smallest absolute Gasteiger partial charge is 0.223 e. The molecule has 0 radical (unpaired) electrons. The van der Waals surface area contributed by atoms with Gasteiger partial charge in [-0.05, 0) is 25.8 Å². The number of hydrogen-bond acceptors (Lipinski definition) is 5. The van der Waals surface area contributed by atoms with Gasteiger partial charge in [-0.15, -0.1) is 0 Å². The van der Waals surface area contributed by atoms with Gasteiger partial charge in [-0.2, -0.15) is 4.98 Å². The lowest BCUT2D eigenvalue weighted by Crippen LogP contribution is -2.24. The van der Waals surface area contributed by atoms with E-state index in [0.717, 1.165) is 31.9 Å². The molecule has 15 heavy (non-hydrogen) atoms. The van der Waals surface area contributed by atoms with E-state index in [1.54, 1.807) is 6.92 Å². The molecule has 5 heteroatoms. The molecule has 1 aliphatic rings. The van der Waals surface area contributed by atoms with E-state index in [1.165, 1.54) is 0 Å². The van der Waals surface area contributed by atoms with Gasteiger partial charge in [0.25, 0.3) is 0 Å². The second kappa shape index (κ2) is 4.28. The summed E-state index contributed by atoms with van der Waals surface area (Å²) in [5.74, 6) is 1.73. The van der Waals surface area contributed by atoms with E-state index in [1.807, 2.05) is 6.92 Å². The van der Waals surface area contributed by atoms with Crippen molar-refractivity contribution >= 4 is 0 Å². The van der Waals surface area contributed by atoms with E-state index in [0.29, 0.717) is 11.8 Å². The number of nitrogens with zero attached hydrogens (tertiary/aromatic N) is 3. The van der Waals surface area contributed by atoms with Crippen LogP contribution >= 0.6 is 0 Å². The fourth-order valence-corrected chi connectivity index (χ4v) is 2.01. The number of aryl methyl sites for hydroxylation is 1. The molecule has 0 bridgehead atoms. The lowest BCUT2D eigenvalue weighted by molar-refractivity contribution is 0.127. The van der Waals surface area contributed by atoms with Crippen molar-refractivity contribution in [2.75, 3.05) is 13.1 Å². The maximum absolute atomic E-state index is 9.46. The summed E-state index contributed by atoms with van der Waals surface area (Å²) in [6.45, 7) is 6.29. The molecule has 2 rings (SSSR count). The zero-order valence-corrected chi connectivity index (χ0v) is 9.18. The highest BCUT2D eigenvalue weighted by Gasteiger charge is 2.26. The molecule has 0 saturated carbocycles. The van der Waals surface area contributed by atoms with Crippen LogP contribution in [-0.4, -0.2) is 39.3 Å². The Labute approximate surface area is 89.1 Å². The van der Waals surface area contributed by atoms with Gasteiger partial charge in [0.1, 0.15) is 0 Å². The minimum absolute atomic E-state index is 0.220. The number of hydrogen-bond donors (Lipinski definition) is 1. The Bertz CT molecular complexity index is 324. The zero-order valence-electron chi connectivity index (χ0n) is 9.18. The van der Waals surface area contributed by atoms with Gasteiger partial charge in [0, 0.05) is 13.5 Å². The summed E-state index contributed by atoms with van der Waals surface area (Å²) < 4.78 is 4.91. The van der Waals surface area contributed by atoms with Gasteiger partial charge in [0.15, 0.2) is 5.82 Å². The summed E-state index contributed by atoms with van der Waals surface area (Å²) in [4.78, 5) is 6.41. The second-order valence-corrected chi connectivity index (χ2v) is 4.25. The summed E-state index contributed by atoms with van der Waals surface area (Å²) in [5.41, 5.74) is 0. The molecule has 5 nitrogen and oxygen atoms in total. The van der Waals surface area contributed by atoms with E-state index < -0.39 is 0 Å². The molecule has 1 N–H and O–H groups in total. The monoisotopic (exact) mass is 211 g/mol. The van der Waals surface area contributed by atoms with Crippen LogP contribution in [0, 0.1) is 12.8 Å².